The zero-order valence-corrected chi connectivity index (χ0v) is 20.9. The molecule has 2 heterocycles. The molecule has 8 nitrogen and oxygen atoms in total. The molecular formula is C28H29N5O3. The summed E-state index contributed by atoms with van der Waals surface area (Å²) < 4.78 is 6.50. The van der Waals surface area contributed by atoms with Crippen molar-refractivity contribution in [3.63, 3.8) is 0 Å². The minimum Gasteiger partial charge on any atom is -0.478 e. The van der Waals surface area contributed by atoms with Crippen molar-refractivity contribution < 1.29 is 14.6 Å². The van der Waals surface area contributed by atoms with E-state index in [1.807, 2.05) is 24.3 Å². The molecule has 5 rings (SSSR count). The summed E-state index contributed by atoms with van der Waals surface area (Å²) in [6.07, 6.45) is 0. The number of rotatable bonds is 7. The van der Waals surface area contributed by atoms with Gasteiger partial charge in [0.25, 0.3) is 0 Å². The maximum absolute atomic E-state index is 12.5. The van der Waals surface area contributed by atoms with Gasteiger partial charge in [0.1, 0.15) is 22.5 Å². The molecular weight excluding hydrogens is 454 g/mol. The first-order chi connectivity index (χ1) is 17.5. The van der Waals surface area contributed by atoms with Gasteiger partial charge >= 0.3 is 5.97 Å². The number of aromatic carboxylic acids is 1. The molecule has 0 saturated carbocycles. The first-order valence-electron chi connectivity index (χ1n) is 12.4. The second kappa shape index (κ2) is 9.45. The molecule has 2 aliphatic heterocycles. The van der Waals surface area contributed by atoms with Gasteiger partial charge in [-0.15, -0.1) is 10.2 Å². The van der Waals surface area contributed by atoms with E-state index < -0.39 is 5.97 Å². The van der Waals surface area contributed by atoms with Crippen LogP contribution < -0.4 is 25.1 Å². The number of benzene rings is 3. The van der Waals surface area contributed by atoms with Crippen LogP contribution in [0.4, 0.5) is 17.1 Å². The summed E-state index contributed by atoms with van der Waals surface area (Å²) in [5, 5.41) is 22.9. The van der Waals surface area contributed by atoms with Crippen LogP contribution in [0.3, 0.4) is 0 Å². The largest absolute Gasteiger partial charge is 0.478 e. The highest BCUT2D eigenvalue weighted by molar-refractivity contribution is 5.98. The predicted octanol–water partition coefficient (Wildman–Crippen LogP) is 5.06. The Morgan fingerprint density at radius 3 is 1.89 bits per heavy atom. The lowest BCUT2D eigenvalue weighted by atomic mass is 9.89. The Balaban J connectivity index is 1.85. The van der Waals surface area contributed by atoms with Crippen LogP contribution in [0.25, 0.3) is 5.57 Å². The molecule has 0 aliphatic carbocycles. The van der Waals surface area contributed by atoms with Crippen LogP contribution in [0, 0.1) is 0 Å². The third-order valence-electron chi connectivity index (χ3n) is 6.88. The second-order valence-corrected chi connectivity index (χ2v) is 8.63. The Bertz CT molecular complexity index is 1440. The van der Waals surface area contributed by atoms with Gasteiger partial charge in [-0.2, -0.15) is 0 Å². The van der Waals surface area contributed by atoms with E-state index in [0.717, 1.165) is 54.3 Å². The van der Waals surface area contributed by atoms with Crippen LogP contribution >= 0.6 is 0 Å². The first-order valence-corrected chi connectivity index (χ1v) is 12.4. The maximum atomic E-state index is 12.5. The average Bonchev–Trinajstić information content (AvgIpc) is 3.36. The van der Waals surface area contributed by atoms with Crippen LogP contribution in [0.15, 0.2) is 64.0 Å². The molecule has 3 aromatic carbocycles. The fourth-order valence-corrected chi connectivity index (χ4v) is 5.03. The fraction of sp³-hybridized carbons (Fsp3) is 0.286. The number of anilines is 2. The quantitative estimate of drug-likeness (QED) is 0.397. The summed E-state index contributed by atoms with van der Waals surface area (Å²) in [4.78, 5) is 17.0. The fourth-order valence-electron chi connectivity index (χ4n) is 5.03. The Morgan fingerprint density at radius 2 is 1.39 bits per heavy atom. The number of fused-ring (bicyclic) bond motifs is 3. The molecule has 8 heteroatoms. The lowest BCUT2D eigenvalue weighted by molar-refractivity contribution is 0.0696. The number of nitrogens with zero attached hydrogens (tertiary/aromatic N) is 5. The van der Waals surface area contributed by atoms with E-state index >= 15 is 0 Å². The molecule has 1 N–H and O–H groups in total. The van der Waals surface area contributed by atoms with Crippen LogP contribution in [-0.4, -0.2) is 37.3 Å². The van der Waals surface area contributed by atoms with Gasteiger partial charge < -0.3 is 19.6 Å². The SMILES string of the molecule is CCN(CC)c1ccc2c(c1)Oc1cc(N(CC)CC)ccc1C2=c1ccc2c(c1C(=O)O)N=NN=2. The highest BCUT2D eigenvalue weighted by Gasteiger charge is 2.27. The summed E-state index contributed by atoms with van der Waals surface area (Å²) in [5.74, 6) is 0.322. The molecule has 0 saturated heterocycles. The van der Waals surface area contributed by atoms with Gasteiger partial charge in [0.2, 0.25) is 0 Å². The molecule has 184 valence electrons. The molecule has 0 aromatic heterocycles. The Hall–Kier alpha value is -4.20. The summed E-state index contributed by atoms with van der Waals surface area (Å²) in [6, 6.07) is 15.8. The van der Waals surface area contributed by atoms with Crippen molar-refractivity contribution >= 4 is 28.6 Å². The standard InChI is InChI=1S/C28H29N5O3/c1-5-32(6-2)17-9-11-19-23(15-17)36-24-16-18(33(7-3)8-4)10-12-20(24)25(19)21-13-14-22-27(30-31-29-22)26(21)28(34)35/h9-16H,5-8H2,1-4H3,(H,34,35). The zero-order valence-electron chi connectivity index (χ0n) is 20.9. The number of carboxylic acids is 1. The molecule has 2 aliphatic rings. The summed E-state index contributed by atoms with van der Waals surface area (Å²) in [5.41, 5.74) is 4.95. The molecule has 0 bridgehead atoms. The topological polar surface area (TPSA) is 90.1 Å². The van der Waals surface area contributed by atoms with E-state index in [1.54, 1.807) is 12.1 Å². The lowest BCUT2D eigenvalue weighted by Crippen LogP contribution is -2.25. The number of carbonyl (C=O) groups is 1. The molecule has 0 unspecified atom stereocenters. The van der Waals surface area contributed by atoms with Gasteiger partial charge in [-0.1, -0.05) is 6.07 Å². The van der Waals surface area contributed by atoms with E-state index in [1.165, 1.54) is 0 Å². The van der Waals surface area contributed by atoms with E-state index in [2.05, 4.69) is 65.1 Å². The van der Waals surface area contributed by atoms with Gasteiger partial charge in [0.05, 0.1) is 5.56 Å². The predicted molar refractivity (Wildman–Crippen MR) is 140 cm³/mol. The van der Waals surface area contributed by atoms with Crippen molar-refractivity contribution in [1.29, 1.82) is 0 Å². The summed E-state index contributed by atoms with van der Waals surface area (Å²) >= 11 is 0. The minimum atomic E-state index is -1.07. The number of hydrogen-bond acceptors (Lipinski definition) is 7. The highest BCUT2D eigenvalue weighted by Crippen LogP contribution is 2.45. The van der Waals surface area contributed by atoms with Crippen molar-refractivity contribution in [2.24, 2.45) is 15.4 Å². The Kier molecular flexibility index (Phi) is 6.18. The molecule has 0 atom stereocenters. The lowest BCUT2D eigenvalue weighted by Gasteiger charge is -2.29. The monoisotopic (exact) mass is 483 g/mol. The van der Waals surface area contributed by atoms with Crippen molar-refractivity contribution in [2.45, 2.75) is 27.7 Å². The van der Waals surface area contributed by atoms with Crippen molar-refractivity contribution in [2.75, 3.05) is 36.0 Å². The van der Waals surface area contributed by atoms with Gasteiger partial charge in [-0.3, -0.25) is 0 Å². The molecule has 0 fully saturated rings. The van der Waals surface area contributed by atoms with E-state index in [4.69, 9.17) is 4.74 Å². The van der Waals surface area contributed by atoms with Gasteiger partial charge in [-0.25, -0.2) is 4.79 Å². The second-order valence-electron chi connectivity index (χ2n) is 8.63. The van der Waals surface area contributed by atoms with Crippen LogP contribution in [-0.2, 0) is 0 Å². The van der Waals surface area contributed by atoms with Crippen LogP contribution in [0.5, 0.6) is 11.5 Å². The van der Waals surface area contributed by atoms with Crippen molar-refractivity contribution in [3.05, 3.63) is 75.8 Å². The van der Waals surface area contributed by atoms with Gasteiger partial charge in [-0.05, 0) is 63.3 Å². The molecule has 3 aromatic rings. The van der Waals surface area contributed by atoms with Gasteiger partial charge in [0, 0.05) is 71.6 Å². The molecule has 0 amide bonds. The number of ether oxygens (including phenoxy) is 1. The smallest absolute Gasteiger partial charge is 0.338 e. The van der Waals surface area contributed by atoms with Crippen LogP contribution in [0.1, 0.15) is 49.2 Å². The van der Waals surface area contributed by atoms with Crippen molar-refractivity contribution in [1.82, 2.24) is 0 Å². The highest BCUT2D eigenvalue weighted by atomic mass is 16.5. The molecule has 0 spiro atoms. The first kappa shape index (κ1) is 23.5. The zero-order chi connectivity index (χ0) is 25.4. The molecule has 0 radical (unpaired) electrons. The summed E-state index contributed by atoms with van der Waals surface area (Å²) in [7, 11) is 0. The van der Waals surface area contributed by atoms with Gasteiger partial charge in [0.15, 0.2) is 0 Å². The van der Waals surface area contributed by atoms with E-state index in [-0.39, 0.29) is 11.3 Å². The van der Waals surface area contributed by atoms with Crippen LogP contribution in [0.2, 0.25) is 0 Å². The normalized spacial score (nSPS) is 12.8. The average molecular weight is 484 g/mol. The number of hydrogen-bond donors (Lipinski definition) is 1. The molecule has 36 heavy (non-hydrogen) atoms. The van der Waals surface area contributed by atoms with E-state index in [0.29, 0.717) is 22.1 Å². The minimum absolute atomic E-state index is 0.0898. The summed E-state index contributed by atoms with van der Waals surface area (Å²) in [6.45, 7) is 12.0. The Morgan fingerprint density at radius 1 is 0.833 bits per heavy atom. The van der Waals surface area contributed by atoms with Crippen molar-refractivity contribution in [3.8, 4) is 11.5 Å². The number of carboxylic acid groups (broad SMARTS) is 1. The third kappa shape index (κ3) is 3.79. The Labute approximate surface area is 209 Å². The third-order valence-corrected chi connectivity index (χ3v) is 6.88. The maximum Gasteiger partial charge on any atom is 0.338 e. The van der Waals surface area contributed by atoms with E-state index in [9.17, 15) is 9.90 Å².